The van der Waals surface area contributed by atoms with E-state index in [1.54, 1.807) is 6.92 Å². The van der Waals surface area contributed by atoms with Crippen molar-refractivity contribution >= 4 is 6.16 Å². The van der Waals surface area contributed by atoms with Crippen molar-refractivity contribution in [3.05, 3.63) is 0 Å². The molecule has 9 heavy (non-hydrogen) atoms. The fourth-order valence-electron chi connectivity index (χ4n) is 0.418. The van der Waals surface area contributed by atoms with Crippen LogP contribution in [0.4, 0.5) is 4.79 Å². The van der Waals surface area contributed by atoms with Gasteiger partial charge in [-0.25, -0.2) is 4.79 Å². The predicted octanol–water partition coefficient (Wildman–Crippen LogP) is 0.420. The third-order valence-electron chi connectivity index (χ3n) is 0.733. The van der Waals surface area contributed by atoms with Gasteiger partial charge in [-0.1, -0.05) is 0 Å². The number of rotatable bonds is 0. The third kappa shape index (κ3) is 3.35. The fraction of sp³-hybridized carbons (Fsp3) is 0.750. The number of carbonyl (C=O) groups is 1. The minimum absolute atomic E-state index is 0. The molecule has 1 heterocycles. The maximum atomic E-state index is 10.0. The standard InChI is InChI=1S/C4H6O3.Fe.O/c1-3-2-6-4(5)7-3;;/h3H,2H2,1H3;;/q;+2;-2. The zero-order valence-corrected chi connectivity index (χ0v) is 5.88. The molecule has 0 amide bonds. The van der Waals surface area contributed by atoms with Crippen molar-refractivity contribution in [3.8, 4) is 0 Å². The van der Waals surface area contributed by atoms with Crippen molar-refractivity contribution in [3.63, 3.8) is 0 Å². The molecule has 1 rings (SSSR count). The number of hydrogen-bond donors (Lipinski definition) is 0. The van der Waals surface area contributed by atoms with Gasteiger partial charge in [0.05, 0.1) is 0 Å². The van der Waals surface area contributed by atoms with Gasteiger partial charge >= 0.3 is 23.2 Å². The summed E-state index contributed by atoms with van der Waals surface area (Å²) in [6, 6.07) is 0. The summed E-state index contributed by atoms with van der Waals surface area (Å²) in [6.07, 6.45) is -0.597. The SMILES string of the molecule is CC1COC(=O)O1.[Fe+2].[O-2]. The molecule has 1 saturated heterocycles. The molecule has 1 atom stereocenters. The van der Waals surface area contributed by atoms with Gasteiger partial charge in [0, 0.05) is 0 Å². The van der Waals surface area contributed by atoms with E-state index in [0.29, 0.717) is 6.61 Å². The largest absolute Gasteiger partial charge is 2.00 e. The van der Waals surface area contributed by atoms with E-state index in [2.05, 4.69) is 9.47 Å². The van der Waals surface area contributed by atoms with Crippen molar-refractivity contribution in [2.24, 2.45) is 0 Å². The summed E-state index contributed by atoms with van der Waals surface area (Å²) in [6.45, 7) is 2.18. The van der Waals surface area contributed by atoms with Crippen LogP contribution in [0.25, 0.3) is 0 Å². The molecule has 0 aromatic rings. The third-order valence-corrected chi connectivity index (χ3v) is 0.733. The zero-order valence-electron chi connectivity index (χ0n) is 4.77. The van der Waals surface area contributed by atoms with Crippen LogP contribution in [0.15, 0.2) is 0 Å². The Hall–Kier alpha value is -0.251. The van der Waals surface area contributed by atoms with Crippen LogP contribution < -0.4 is 0 Å². The van der Waals surface area contributed by atoms with Crippen molar-refractivity contribution in [2.75, 3.05) is 6.61 Å². The van der Waals surface area contributed by atoms with Crippen LogP contribution in [0.5, 0.6) is 0 Å². The maximum Gasteiger partial charge on any atom is 2.00 e. The second-order valence-electron chi connectivity index (χ2n) is 1.49. The summed E-state index contributed by atoms with van der Waals surface area (Å²) in [7, 11) is 0. The molecule has 1 aliphatic rings. The Balaban J connectivity index is 0. The van der Waals surface area contributed by atoms with Gasteiger partial charge in [0.25, 0.3) is 0 Å². The van der Waals surface area contributed by atoms with E-state index in [4.69, 9.17) is 0 Å². The van der Waals surface area contributed by atoms with Gasteiger partial charge in [0.15, 0.2) is 0 Å². The summed E-state index contributed by atoms with van der Waals surface area (Å²) in [5, 5.41) is 0. The summed E-state index contributed by atoms with van der Waals surface area (Å²) in [4.78, 5) is 10.0. The molecule has 0 radical (unpaired) electrons. The van der Waals surface area contributed by atoms with Crippen LogP contribution in [0.1, 0.15) is 6.92 Å². The molecule has 0 aromatic heterocycles. The van der Waals surface area contributed by atoms with Gasteiger partial charge in [-0.15, -0.1) is 0 Å². The van der Waals surface area contributed by atoms with Crippen LogP contribution in [-0.2, 0) is 32.0 Å². The smallest absolute Gasteiger partial charge is 2.00 e. The van der Waals surface area contributed by atoms with Gasteiger partial charge in [-0.2, -0.15) is 0 Å². The Morgan fingerprint density at radius 2 is 2.22 bits per heavy atom. The first-order chi connectivity index (χ1) is 3.29. The van der Waals surface area contributed by atoms with Crippen LogP contribution in [-0.4, -0.2) is 18.9 Å². The topological polar surface area (TPSA) is 64.0 Å². The van der Waals surface area contributed by atoms with E-state index < -0.39 is 6.16 Å². The summed E-state index contributed by atoms with van der Waals surface area (Å²) < 4.78 is 8.90. The van der Waals surface area contributed by atoms with Crippen LogP contribution in [0.3, 0.4) is 0 Å². The summed E-state index contributed by atoms with van der Waals surface area (Å²) in [5.74, 6) is 0. The molecule has 1 unspecified atom stereocenters. The van der Waals surface area contributed by atoms with E-state index in [1.807, 2.05) is 0 Å². The molecule has 5 heteroatoms. The Labute approximate surface area is 63.3 Å². The Kier molecular flexibility index (Phi) is 5.91. The minimum Gasteiger partial charge on any atom is -2.00 e. The molecule has 0 saturated carbocycles. The average Bonchev–Trinajstić information content (AvgIpc) is 1.87. The fourth-order valence-corrected chi connectivity index (χ4v) is 0.418. The molecule has 0 aliphatic carbocycles. The van der Waals surface area contributed by atoms with Crippen molar-refractivity contribution < 1.29 is 36.8 Å². The van der Waals surface area contributed by atoms with E-state index in [9.17, 15) is 4.79 Å². The average molecular weight is 174 g/mol. The molecule has 0 N–H and O–H groups in total. The van der Waals surface area contributed by atoms with Gasteiger partial charge in [-0.3, -0.25) is 0 Å². The second-order valence-corrected chi connectivity index (χ2v) is 1.49. The van der Waals surface area contributed by atoms with Gasteiger partial charge in [0.1, 0.15) is 12.7 Å². The van der Waals surface area contributed by atoms with E-state index in [0.717, 1.165) is 0 Å². The zero-order chi connectivity index (χ0) is 5.28. The molecule has 4 nitrogen and oxygen atoms in total. The second kappa shape index (κ2) is 4.61. The molecular weight excluding hydrogens is 168 g/mol. The summed E-state index contributed by atoms with van der Waals surface area (Å²) in [5.41, 5.74) is 0. The minimum atomic E-state index is -0.549. The molecule has 0 aromatic carbocycles. The van der Waals surface area contributed by atoms with Gasteiger partial charge in [-0.05, 0) is 6.92 Å². The van der Waals surface area contributed by atoms with Crippen LogP contribution in [0.2, 0.25) is 0 Å². The summed E-state index contributed by atoms with van der Waals surface area (Å²) >= 11 is 0. The first-order valence-corrected chi connectivity index (χ1v) is 2.12. The maximum absolute atomic E-state index is 10.0. The Bertz CT molecular complexity index is 94.6. The number of carbonyl (C=O) groups excluding carboxylic acids is 1. The Morgan fingerprint density at radius 3 is 2.33 bits per heavy atom. The molecule has 0 spiro atoms. The monoisotopic (exact) mass is 174 g/mol. The van der Waals surface area contributed by atoms with Gasteiger partial charge < -0.3 is 14.9 Å². The van der Waals surface area contributed by atoms with Crippen molar-refractivity contribution in [1.29, 1.82) is 0 Å². The quantitative estimate of drug-likeness (QED) is 0.394. The van der Waals surface area contributed by atoms with Crippen LogP contribution >= 0.6 is 0 Å². The predicted molar refractivity (Wildman–Crippen MR) is 22.6 cm³/mol. The number of hydrogen-bond acceptors (Lipinski definition) is 3. The number of cyclic esters (lactones) is 2. The molecule has 1 fully saturated rings. The van der Waals surface area contributed by atoms with Crippen molar-refractivity contribution in [1.82, 2.24) is 0 Å². The first-order valence-electron chi connectivity index (χ1n) is 2.12. The van der Waals surface area contributed by atoms with Crippen molar-refractivity contribution in [2.45, 2.75) is 13.0 Å². The van der Waals surface area contributed by atoms with E-state index in [-0.39, 0.29) is 28.6 Å². The van der Waals surface area contributed by atoms with E-state index in [1.165, 1.54) is 0 Å². The number of ether oxygens (including phenoxy) is 2. The van der Waals surface area contributed by atoms with E-state index >= 15 is 0 Å². The van der Waals surface area contributed by atoms with Gasteiger partial charge in [0.2, 0.25) is 0 Å². The first kappa shape index (κ1) is 11.5. The molecule has 0 bridgehead atoms. The Morgan fingerprint density at radius 1 is 1.67 bits per heavy atom. The molecule has 54 valence electrons. The van der Waals surface area contributed by atoms with Crippen LogP contribution in [0, 0.1) is 0 Å². The normalized spacial score (nSPS) is 22.8. The molecular formula is C4H6FeO4. The molecule has 1 aliphatic heterocycles.